The Hall–Kier alpha value is -1.35. The van der Waals surface area contributed by atoms with Crippen LogP contribution in [0, 0.1) is 5.92 Å². The van der Waals surface area contributed by atoms with E-state index in [-0.39, 0.29) is 24.8 Å². The van der Waals surface area contributed by atoms with E-state index in [4.69, 9.17) is 0 Å². The van der Waals surface area contributed by atoms with Gasteiger partial charge in [-0.1, -0.05) is 0 Å². The van der Waals surface area contributed by atoms with Crippen LogP contribution in [0.15, 0.2) is 80.8 Å². The molecule has 2 aromatic carbocycles. The molecule has 2 aliphatic carbocycles. The van der Waals surface area contributed by atoms with Gasteiger partial charge in [0.25, 0.3) is 0 Å². The van der Waals surface area contributed by atoms with E-state index in [1.807, 2.05) is 0 Å². The van der Waals surface area contributed by atoms with Gasteiger partial charge in [-0.15, -0.1) is 0 Å². The Morgan fingerprint density at radius 3 is 2.27 bits per heavy atom. The molecule has 1 heterocycles. The normalized spacial score (nSPS) is 19.9. The number of nitrogens with zero attached hydrogens (tertiary/aromatic N) is 1. The number of rotatable bonds is 3. The van der Waals surface area contributed by atoms with Crippen LogP contribution in [0.4, 0.5) is 0 Å². The van der Waals surface area contributed by atoms with Gasteiger partial charge in [-0.3, -0.25) is 0 Å². The molecule has 152 valence electrons. The average molecular weight is 601 g/mol. The Kier molecular flexibility index (Phi) is 7.01. The number of halogens is 2. The van der Waals surface area contributed by atoms with Crippen molar-refractivity contribution in [3.8, 4) is 0 Å². The van der Waals surface area contributed by atoms with Crippen molar-refractivity contribution in [2.45, 2.75) is 31.4 Å². The number of para-hydroxylation sites is 1. The van der Waals surface area contributed by atoms with E-state index in [0.717, 1.165) is 0 Å². The van der Waals surface area contributed by atoms with Gasteiger partial charge < -0.3 is 24.8 Å². The van der Waals surface area contributed by atoms with Crippen LogP contribution in [0.2, 0.25) is 0 Å². The molecule has 0 aliphatic heterocycles. The number of hydrogen-bond donors (Lipinski definition) is 0. The summed E-state index contributed by atoms with van der Waals surface area (Å²) in [7, 11) is 0. The molecule has 0 N–H and O–H groups in total. The fourth-order valence-electron chi connectivity index (χ4n) is 4.73. The van der Waals surface area contributed by atoms with Gasteiger partial charge in [-0.2, -0.15) is 0 Å². The number of allylic oxidation sites excluding steroid dienone is 5. The summed E-state index contributed by atoms with van der Waals surface area (Å²) in [5.74, 6) is 0.638. The zero-order chi connectivity index (χ0) is 19.4. The molecule has 2 aliphatic rings. The number of fused-ring (bicyclic) bond motifs is 2. The Bertz CT molecular complexity index is 1200. The Balaban J connectivity index is 0.00000128. The van der Waals surface area contributed by atoms with Crippen molar-refractivity contribution < 1.29 is 47.7 Å². The van der Waals surface area contributed by atoms with Gasteiger partial charge in [0, 0.05) is 0 Å². The van der Waals surface area contributed by atoms with E-state index in [1.165, 1.54) is 22.2 Å². The molecule has 0 fully saturated rings. The maximum Gasteiger partial charge on any atom is -1.00 e. The van der Waals surface area contributed by atoms with Gasteiger partial charge in [0.2, 0.25) is 0 Å². The maximum atomic E-state index is 2.45. The first kappa shape index (κ1) is 23.3. The van der Waals surface area contributed by atoms with E-state index in [0.29, 0.717) is 9.59 Å². The summed E-state index contributed by atoms with van der Waals surface area (Å²) in [6, 6.07) is 20.1. The van der Waals surface area contributed by atoms with Crippen molar-refractivity contribution in [1.29, 1.82) is 0 Å². The van der Waals surface area contributed by atoms with Crippen molar-refractivity contribution in [2.24, 2.45) is 5.92 Å². The average Bonchev–Trinajstić information content (AvgIpc) is 3.35. The van der Waals surface area contributed by atoms with E-state index < -0.39 is 22.9 Å². The minimum atomic E-state index is -1.12. The van der Waals surface area contributed by atoms with Crippen LogP contribution in [0.25, 0.3) is 22.7 Å². The first-order chi connectivity index (χ1) is 13.6. The van der Waals surface area contributed by atoms with E-state index in [1.54, 1.807) is 25.6 Å². The Labute approximate surface area is 203 Å². The van der Waals surface area contributed by atoms with Crippen LogP contribution in [-0.4, -0.2) is 4.57 Å². The zero-order valence-electron chi connectivity index (χ0n) is 17.7. The van der Waals surface area contributed by atoms with Crippen molar-refractivity contribution in [3.05, 3.63) is 92.0 Å². The molecule has 2 atom stereocenters. The molecule has 0 saturated heterocycles. The van der Waals surface area contributed by atoms with Crippen LogP contribution in [0.1, 0.15) is 42.5 Å². The fourth-order valence-corrected chi connectivity index (χ4v) is 11.8. The Morgan fingerprint density at radius 1 is 0.833 bits per heavy atom. The number of benzene rings is 2. The van der Waals surface area contributed by atoms with E-state index in [2.05, 4.69) is 99.1 Å². The van der Waals surface area contributed by atoms with Crippen LogP contribution < -0.4 is 24.8 Å². The minimum Gasteiger partial charge on any atom is -1.00 e. The van der Waals surface area contributed by atoms with Gasteiger partial charge in [-0.05, 0) is 0 Å². The van der Waals surface area contributed by atoms with Crippen molar-refractivity contribution in [1.82, 2.24) is 4.57 Å². The molecule has 3 aromatic rings. The first-order valence-corrected chi connectivity index (χ1v) is 14.0. The van der Waals surface area contributed by atoms with Gasteiger partial charge in [0.05, 0.1) is 0 Å². The van der Waals surface area contributed by atoms with Gasteiger partial charge >= 0.3 is 179 Å². The second-order valence-electron chi connectivity index (χ2n) is 8.09. The number of aromatic nitrogens is 1. The van der Waals surface area contributed by atoms with Gasteiger partial charge in [0.15, 0.2) is 0 Å². The summed E-state index contributed by atoms with van der Waals surface area (Å²) in [4.78, 5) is 0. The monoisotopic (exact) mass is 601 g/mol. The summed E-state index contributed by atoms with van der Waals surface area (Å²) in [5, 5.41) is 1.32. The third-order valence-electron chi connectivity index (χ3n) is 6.72. The topological polar surface area (TPSA) is 4.93 Å². The van der Waals surface area contributed by atoms with Crippen molar-refractivity contribution in [3.63, 3.8) is 0 Å². The molecule has 2 unspecified atom stereocenters. The summed E-state index contributed by atoms with van der Waals surface area (Å²) in [6.45, 7) is 9.43. The van der Waals surface area contributed by atoms with E-state index >= 15 is 0 Å². The molecule has 0 saturated carbocycles. The summed E-state index contributed by atoms with van der Waals surface area (Å²) in [6.07, 6.45) is 4.72. The third-order valence-corrected chi connectivity index (χ3v) is 14.0. The first-order valence-electron chi connectivity index (χ1n) is 10.1. The van der Waals surface area contributed by atoms with Crippen LogP contribution in [-0.2, 0) is 22.9 Å². The molecule has 1 nitrogen and oxygen atoms in total. The molecule has 5 rings (SSSR count). The Morgan fingerprint density at radius 2 is 1.53 bits per heavy atom. The van der Waals surface area contributed by atoms with Gasteiger partial charge in [0.1, 0.15) is 0 Å². The molecule has 4 heteroatoms. The van der Waals surface area contributed by atoms with Crippen LogP contribution in [0.5, 0.6) is 0 Å². The molecular weight excluding hydrogens is 576 g/mol. The minimum absolute atomic E-state index is 0. The molecule has 1 aromatic heterocycles. The largest absolute Gasteiger partial charge is 1.00 e. The van der Waals surface area contributed by atoms with Crippen LogP contribution in [0.3, 0.4) is 0 Å². The number of hydrogen-bond acceptors (Lipinski definition) is 0. The molecular formula is C26H25Cl2HfN. The second-order valence-corrected chi connectivity index (χ2v) is 13.1. The summed E-state index contributed by atoms with van der Waals surface area (Å²) >= 11 is -1.12. The van der Waals surface area contributed by atoms with Gasteiger partial charge in [-0.25, -0.2) is 0 Å². The standard InChI is InChI=1S/C17H12N.C9H13.2ClH.Hf/c1-2-7-15-12-16(11-14(15)6-1)18-10-9-13-5-3-4-8-17(13)18;1-6-5-7(2)9(4)8(6)3;;;/h1-12H;6H,1-4H3;2*1H;/q;;;;+2/p-2. The summed E-state index contributed by atoms with van der Waals surface area (Å²) < 4.78 is 4.85. The van der Waals surface area contributed by atoms with Crippen molar-refractivity contribution in [2.75, 3.05) is 0 Å². The molecule has 30 heavy (non-hydrogen) atoms. The second kappa shape index (κ2) is 9.02. The molecule has 0 spiro atoms. The summed E-state index contributed by atoms with van der Waals surface area (Å²) in [5.41, 5.74) is 10.5. The predicted octanol–water partition coefficient (Wildman–Crippen LogP) is 1.04. The van der Waals surface area contributed by atoms with Crippen molar-refractivity contribution >= 4 is 22.7 Å². The maximum absolute atomic E-state index is 2.45. The smallest absolute Gasteiger partial charge is 1.00 e. The fraction of sp³-hybridized carbons (Fsp3) is 0.231. The third kappa shape index (κ3) is 3.61. The quantitative estimate of drug-likeness (QED) is 0.397. The SMILES string of the molecule is CC1=C(C)C(C)[C]([Hf+2][CH]2C(n3ccc4ccccc43)=Cc3ccccc32)=C1C.[Cl-].[Cl-]. The molecule has 0 amide bonds. The zero-order valence-corrected chi connectivity index (χ0v) is 22.8. The van der Waals surface area contributed by atoms with Crippen LogP contribution >= 0.6 is 0 Å². The molecule has 0 bridgehead atoms. The predicted molar refractivity (Wildman–Crippen MR) is 116 cm³/mol. The van der Waals surface area contributed by atoms with E-state index in [9.17, 15) is 0 Å². The molecule has 0 radical (unpaired) electrons.